The molecule has 0 spiro atoms. The molecule has 2 N–H and O–H groups in total. The van der Waals surface area contributed by atoms with Gasteiger partial charge in [0.1, 0.15) is 16.9 Å². The van der Waals surface area contributed by atoms with E-state index in [4.69, 9.17) is 4.42 Å². The number of rotatable bonds is 3. The number of phenols is 1. The standard InChI is InChI=1S/C16H10N2O6/c19-12-4-1-10(2-5-12)17-15(20)13-8-9-7-11(18(22)23)3-6-14(9)24-16(13)21/h1-8,19H,(H,17,20). The Bertz CT molecular complexity index is 1010. The number of hydrogen-bond donors (Lipinski definition) is 2. The zero-order chi connectivity index (χ0) is 17.3. The summed E-state index contributed by atoms with van der Waals surface area (Å²) in [4.78, 5) is 34.4. The van der Waals surface area contributed by atoms with Gasteiger partial charge >= 0.3 is 5.63 Å². The summed E-state index contributed by atoms with van der Waals surface area (Å²) in [5.74, 6) is -0.687. The molecule has 8 nitrogen and oxygen atoms in total. The predicted molar refractivity (Wildman–Crippen MR) is 85.2 cm³/mol. The van der Waals surface area contributed by atoms with Crippen LogP contribution in [0.3, 0.4) is 0 Å². The van der Waals surface area contributed by atoms with E-state index in [9.17, 15) is 24.8 Å². The largest absolute Gasteiger partial charge is 0.508 e. The SMILES string of the molecule is O=C(Nc1ccc(O)cc1)c1cc2cc([N+](=O)[O-])ccc2oc1=O. The average Bonchev–Trinajstić information content (AvgIpc) is 2.55. The summed E-state index contributed by atoms with van der Waals surface area (Å²) in [6.07, 6.45) is 0. The smallest absolute Gasteiger partial charge is 0.349 e. The van der Waals surface area contributed by atoms with Crippen LogP contribution in [-0.2, 0) is 0 Å². The highest BCUT2D eigenvalue weighted by Crippen LogP contribution is 2.21. The number of nitro benzene ring substituents is 1. The summed E-state index contributed by atoms with van der Waals surface area (Å²) < 4.78 is 5.03. The number of phenolic OH excluding ortho intramolecular Hbond substituents is 1. The van der Waals surface area contributed by atoms with Gasteiger partial charge in [0.2, 0.25) is 0 Å². The number of aromatic hydroxyl groups is 1. The zero-order valence-electron chi connectivity index (χ0n) is 12.1. The molecule has 0 saturated carbocycles. The lowest BCUT2D eigenvalue weighted by Crippen LogP contribution is -2.20. The second-order valence-corrected chi connectivity index (χ2v) is 4.93. The first-order valence-corrected chi connectivity index (χ1v) is 6.77. The quantitative estimate of drug-likeness (QED) is 0.330. The van der Waals surface area contributed by atoms with Gasteiger partial charge in [0.05, 0.1) is 4.92 Å². The minimum absolute atomic E-state index is 0.0329. The number of carbonyl (C=O) groups excluding carboxylic acids is 1. The molecule has 2 aromatic carbocycles. The normalized spacial score (nSPS) is 10.5. The van der Waals surface area contributed by atoms with Crippen LogP contribution in [0.25, 0.3) is 11.0 Å². The first-order valence-electron chi connectivity index (χ1n) is 6.77. The van der Waals surface area contributed by atoms with Gasteiger partial charge in [0, 0.05) is 23.2 Å². The first-order chi connectivity index (χ1) is 11.4. The second-order valence-electron chi connectivity index (χ2n) is 4.93. The van der Waals surface area contributed by atoms with Crippen molar-refractivity contribution in [3.05, 3.63) is 74.6 Å². The summed E-state index contributed by atoms with van der Waals surface area (Å²) in [5.41, 5.74) is -0.798. The Morgan fingerprint density at radius 1 is 1.12 bits per heavy atom. The average molecular weight is 326 g/mol. The molecule has 8 heteroatoms. The molecule has 120 valence electrons. The Morgan fingerprint density at radius 2 is 1.83 bits per heavy atom. The fourth-order valence-corrected chi connectivity index (χ4v) is 2.13. The van der Waals surface area contributed by atoms with Crippen molar-refractivity contribution in [2.75, 3.05) is 5.32 Å². The molecule has 0 aliphatic rings. The highest BCUT2D eigenvalue weighted by Gasteiger charge is 2.16. The van der Waals surface area contributed by atoms with Crippen molar-refractivity contribution in [1.29, 1.82) is 0 Å². The van der Waals surface area contributed by atoms with E-state index in [0.29, 0.717) is 5.69 Å². The van der Waals surface area contributed by atoms with Crippen molar-refractivity contribution in [3.8, 4) is 5.75 Å². The number of hydrogen-bond acceptors (Lipinski definition) is 6. The van der Waals surface area contributed by atoms with Crippen LogP contribution >= 0.6 is 0 Å². The molecule has 1 amide bonds. The highest BCUT2D eigenvalue weighted by atomic mass is 16.6. The van der Waals surface area contributed by atoms with Gasteiger partial charge in [0.25, 0.3) is 11.6 Å². The first kappa shape index (κ1) is 15.2. The zero-order valence-corrected chi connectivity index (χ0v) is 12.1. The number of fused-ring (bicyclic) bond motifs is 1. The lowest BCUT2D eigenvalue weighted by molar-refractivity contribution is -0.384. The molecule has 3 aromatic rings. The molecule has 0 aliphatic heterocycles. The lowest BCUT2D eigenvalue weighted by atomic mass is 10.1. The fourth-order valence-electron chi connectivity index (χ4n) is 2.13. The Morgan fingerprint density at radius 3 is 2.50 bits per heavy atom. The van der Waals surface area contributed by atoms with Crippen LogP contribution in [-0.4, -0.2) is 15.9 Å². The van der Waals surface area contributed by atoms with Gasteiger partial charge in [-0.3, -0.25) is 14.9 Å². The molecular formula is C16H10N2O6. The van der Waals surface area contributed by atoms with Crippen molar-refractivity contribution in [2.24, 2.45) is 0 Å². The van der Waals surface area contributed by atoms with Crippen LogP contribution in [0, 0.1) is 10.1 Å². The van der Waals surface area contributed by atoms with E-state index >= 15 is 0 Å². The summed E-state index contributed by atoms with van der Waals surface area (Å²) >= 11 is 0. The molecule has 3 rings (SSSR count). The van der Waals surface area contributed by atoms with E-state index in [1.54, 1.807) is 0 Å². The van der Waals surface area contributed by atoms with Gasteiger partial charge in [-0.2, -0.15) is 0 Å². The maximum Gasteiger partial charge on any atom is 0.349 e. The van der Waals surface area contributed by atoms with Crippen molar-refractivity contribution < 1.29 is 19.2 Å². The number of nitro groups is 1. The molecule has 0 aliphatic carbocycles. The van der Waals surface area contributed by atoms with Crippen molar-refractivity contribution in [2.45, 2.75) is 0 Å². The third-order valence-electron chi connectivity index (χ3n) is 3.30. The third-order valence-corrected chi connectivity index (χ3v) is 3.30. The maximum atomic E-state index is 12.2. The van der Waals surface area contributed by atoms with Crippen molar-refractivity contribution in [3.63, 3.8) is 0 Å². The number of nitrogens with one attached hydrogen (secondary N) is 1. The van der Waals surface area contributed by atoms with Gasteiger partial charge in [0.15, 0.2) is 0 Å². The number of non-ortho nitro benzene ring substituents is 1. The number of carbonyl (C=O) groups is 1. The fraction of sp³-hybridized carbons (Fsp3) is 0. The van der Waals surface area contributed by atoms with Crippen LogP contribution in [0.1, 0.15) is 10.4 Å². The van der Waals surface area contributed by atoms with Crippen molar-refractivity contribution >= 4 is 28.3 Å². The molecule has 0 fully saturated rings. The van der Waals surface area contributed by atoms with Crippen LogP contribution in [0.4, 0.5) is 11.4 Å². The monoisotopic (exact) mass is 326 g/mol. The van der Waals surface area contributed by atoms with Gasteiger partial charge in [-0.25, -0.2) is 4.79 Å². The Labute approximate surface area is 134 Å². The van der Waals surface area contributed by atoms with Gasteiger partial charge < -0.3 is 14.8 Å². The van der Waals surface area contributed by atoms with E-state index in [1.807, 2.05) is 0 Å². The molecule has 24 heavy (non-hydrogen) atoms. The van der Waals surface area contributed by atoms with Crippen molar-refractivity contribution in [1.82, 2.24) is 0 Å². The number of anilines is 1. The number of benzene rings is 2. The second kappa shape index (κ2) is 5.84. The molecule has 1 aromatic heterocycles. The number of amides is 1. The number of nitrogens with zero attached hydrogens (tertiary/aromatic N) is 1. The van der Waals surface area contributed by atoms with Crippen LogP contribution in [0.5, 0.6) is 5.75 Å². The topological polar surface area (TPSA) is 123 Å². The third kappa shape index (κ3) is 2.93. The molecule has 0 bridgehead atoms. The summed E-state index contributed by atoms with van der Waals surface area (Å²) in [6, 6.07) is 10.6. The minimum atomic E-state index is -0.854. The Hall–Kier alpha value is -3.68. The molecule has 0 radical (unpaired) electrons. The maximum absolute atomic E-state index is 12.2. The Kier molecular flexibility index (Phi) is 3.70. The van der Waals surface area contributed by atoms with Gasteiger partial charge in [-0.15, -0.1) is 0 Å². The predicted octanol–water partition coefficient (Wildman–Crippen LogP) is 2.66. The minimum Gasteiger partial charge on any atom is -0.508 e. The van der Waals surface area contributed by atoms with Gasteiger partial charge in [-0.1, -0.05) is 0 Å². The van der Waals surface area contributed by atoms with E-state index in [-0.39, 0.29) is 28.0 Å². The van der Waals surface area contributed by atoms with E-state index < -0.39 is 16.5 Å². The molecule has 1 heterocycles. The summed E-state index contributed by atoms with van der Waals surface area (Å²) in [5, 5.41) is 22.8. The molecule has 0 unspecified atom stereocenters. The van der Waals surface area contributed by atoms with Crippen LogP contribution in [0.15, 0.2) is 57.7 Å². The summed E-state index contributed by atoms with van der Waals surface area (Å²) in [6.45, 7) is 0. The lowest BCUT2D eigenvalue weighted by Gasteiger charge is -2.05. The Balaban J connectivity index is 1.99. The van der Waals surface area contributed by atoms with Gasteiger partial charge in [-0.05, 0) is 36.4 Å². The highest BCUT2D eigenvalue weighted by molar-refractivity contribution is 6.05. The van der Waals surface area contributed by atoms with E-state index in [1.165, 1.54) is 48.5 Å². The van der Waals surface area contributed by atoms with E-state index in [0.717, 1.165) is 0 Å². The van der Waals surface area contributed by atoms with Crippen LogP contribution in [0.2, 0.25) is 0 Å². The van der Waals surface area contributed by atoms with E-state index in [2.05, 4.69) is 5.32 Å². The van der Waals surface area contributed by atoms with Crippen LogP contribution < -0.4 is 10.9 Å². The molecule has 0 saturated heterocycles. The summed E-state index contributed by atoms with van der Waals surface area (Å²) in [7, 11) is 0. The molecular weight excluding hydrogens is 316 g/mol. The molecule has 0 atom stereocenters.